The third kappa shape index (κ3) is 4.79. The normalized spacial score (nSPS) is 11.3. The third-order valence-corrected chi connectivity index (χ3v) is 6.48. The van der Waals surface area contributed by atoms with Gasteiger partial charge >= 0.3 is 0 Å². The average molecular weight is 476 g/mol. The van der Waals surface area contributed by atoms with E-state index in [4.69, 9.17) is 27.9 Å². The summed E-state index contributed by atoms with van der Waals surface area (Å²) in [6.07, 6.45) is 5.01. The van der Waals surface area contributed by atoms with Gasteiger partial charge in [0.05, 0.1) is 5.02 Å². The van der Waals surface area contributed by atoms with Crippen LogP contribution >= 0.6 is 23.2 Å². The van der Waals surface area contributed by atoms with E-state index < -0.39 is 10.0 Å². The molecule has 2 heterocycles. The molecule has 0 bridgehead atoms. The first-order valence-corrected chi connectivity index (χ1v) is 11.1. The largest absolute Gasteiger partial charge is 0.438 e. The number of halogens is 2. The molecular weight excluding hydrogens is 461 g/mol. The number of anilines is 1. The quantitative estimate of drug-likeness (QED) is 0.426. The number of rotatable bonds is 6. The highest BCUT2D eigenvalue weighted by molar-refractivity contribution is 7.92. The molecule has 8 nitrogen and oxygen atoms in total. The second-order valence-electron chi connectivity index (χ2n) is 6.46. The summed E-state index contributed by atoms with van der Waals surface area (Å²) in [5.41, 5.74) is 0.952. The Kier molecular flexibility index (Phi) is 5.81. The predicted molar refractivity (Wildman–Crippen MR) is 118 cm³/mol. The second kappa shape index (κ2) is 8.54. The Balaban J connectivity index is 1.46. The second-order valence-corrected chi connectivity index (χ2v) is 8.93. The van der Waals surface area contributed by atoms with Crippen molar-refractivity contribution in [2.45, 2.75) is 11.8 Å². The number of hydrogen-bond acceptors (Lipinski definition) is 6. The highest BCUT2D eigenvalue weighted by atomic mass is 35.5. The van der Waals surface area contributed by atoms with Gasteiger partial charge in [0.2, 0.25) is 5.88 Å². The Labute approximate surface area is 188 Å². The molecule has 1 N–H and O–H groups in total. The maximum atomic E-state index is 12.7. The predicted octanol–water partition coefficient (Wildman–Crippen LogP) is 4.87. The van der Waals surface area contributed by atoms with E-state index in [1.54, 1.807) is 66.6 Å². The topological polar surface area (TPSA) is 99.0 Å². The van der Waals surface area contributed by atoms with Crippen LogP contribution in [0.1, 0.15) is 5.56 Å². The molecule has 0 saturated carbocycles. The number of nitrogens with one attached hydrogen (secondary N) is 1. The van der Waals surface area contributed by atoms with Gasteiger partial charge in [-0.15, -0.1) is 10.2 Å². The summed E-state index contributed by atoms with van der Waals surface area (Å²) in [7, 11) is -3.89. The van der Waals surface area contributed by atoms with Crippen LogP contribution in [-0.2, 0) is 10.0 Å². The molecule has 0 radical (unpaired) electrons. The maximum absolute atomic E-state index is 12.7. The lowest BCUT2D eigenvalue weighted by Crippen LogP contribution is -2.13. The number of imidazole rings is 1. The van der Waals surface area contributed by atoms with E-state index in [-0.39, 0.29) is 9.92 Å². The Hall–Kier alpha value is -3.14. The fourth-order valence-electron chi connectivity index (χ4n) is 2.66. The van der Waals surface area contributed by atoms with Crippen molar-refractivity contribution < 1.29 is 13.2 Å². The van der Waals surface area contributed by atoms with Gasteiger partial charge in [-0.25, -0.2) is 13.4 Å². The van der Waals surface area contributed by atoms with E-state index in [9.17, 15) is 8.42 Å². The summed E-state index contributed by atoms with van der Waals surface area (Å²) in [6.45, 7) is 1.70. The minimum atomic E-state index is -3.89. The van der Waals surface area contributed by atoms with E-state index in [1.807, 2.05) is 0 Å². The average Bonchev–Trinajstić information content (AvgIpc) is 3.27. The first kappa shape index (κ1) is 21.1. The van der Waals surface area contributed by atoms with Crippen LogP contribution in [0.5, 0.6) is 11.6 Å². The van der Waals surface area contributed by atoms with Crippen LogP contribution in [-0.4, -0.2) is 28.2 Å². The molecule has 0 atom stereocenters. The molecule has 11 heteroatoms. The lowest BCUT2D eigenvalue weighted by molar-refractivity contribution is 0.454. The highest BCUT2D eigenvalue weighted by Gasteiger charge is 2.19. The van der Waals surface area contributed by atoms with Crippen LogP contribution in [0.2, 0.25) is 10.0 Å². The SMILES string of the molecule is Cc1cc(S(=O)(=O)Nc2ccc(Oc3ccc(-n4ccnc4)nn3)cc2)c(Cl)cc1Cl. The summed E-state index contributed by atoms with van der Waals surface area (Å²) in [5, 5.41) is 8.53. The molecule has 0 aliphatic carbocycles. The smallest absolute Gasteiger partial charge is 0.263 e. The summed E-state index contributed by atoms with van der Waals surface area (Å²) in [6, 6.07) is 12.6. The van der Waals surface area contributed by atoms with Gasteiger partial charge < -0.3 is 4.74 Å². The number of ether oxygens (including phenoxy) is 1. The zero-order valence-corrected chi connectivity index (χ0v) is 18.4. The lowest BCUT2D eigenvalue weighted by atomic mass is 10.2. The molecule has 2 aromatic carbocycles. The van der Waals surface area contributed by atoms with Gasteiger partial charge in [-0.1, -0.05) is 23.2 Å². The lowest BCUT2D eigenvalue weighted by Gasteiger charge is -2.12. The summed E-state index contributed by atoms with van der Waals surface area (Å²) < 4.78 is 35.3. The number of benzene rings is 2. The molecule has 2 aromatic heterocycles. The van der Waals surface area contributed by atoms with Crippen molar-refractivity contribution in [2.75, 3.05) is 4.72 Å². The third-order valence-electron chi connectivity index (χ3n) is 4.23. The molecule has 0 amide bonds. The van der Waals surface area contributed by atoms with E-state index in [1.165, 1.54) is 12.1 Å². The minimum Gasteiger partial charge on any atom is -0.438 e. The van der Waals surface area contributed by atoms with Crippen LogP contribution < -0.4 is 9.46 Å². The van der Waals surface area contributed by atoms with Gasteiger partial charge in [0.25, 0.3) is 10.0 Å². The molecule has 0 aliphatic rings. The standard InChI is InChI=1S/C20H15Cl2N5O3S/c1-13-10-18(17(22)11-16(13)21)31(28,29)26-14-2-4-15(5-3-14)30-20-7-6-19(24-25-20)27-9-8-23-12-27/h2-12,26H,1H3. The van der Waals surface area contributed by atoms with E-state index >= 15 is 0 Å². The van der Waals surface area contributed by atoms with E-state index in [2.05, 4.69) is 19.9 Å². The van der Waals surface area contributed by atoms with Crippen LogP contribution in [0.3, 0.4) is 0 Å². The Morgan fingerprint density at radius 2 is 1.77 bits per heavy atom. The number of nitrogens with zero attached hydrogens (tertiary/aromatic N) is 4. The highest BCUT2D eigenvalue weighted by Crippen LogP contribution is 2.30. The Bertz CT molecular complexity index is 1310. The molecule has 0 saturated heterocycles. The molecular formula is C20H15Cl2N5O3S. The molecule has 4 aromatic rings. The van der Waals surface area contributed by atoms with Crippen molar-refractivity contribution in [3.8, 4) is 17.4 Å². The number of aryl methyl sites for hydroxylation is 1. The molecule has 0 unspecified atom stereocenters. The van der Waals surface area contributed by atoms with Crippen LogP contribution in [0.4, 0.5) is 5.69 Å². The number of hydrogen-bond donors (Lipinski definition) is 1. The van der Waals surface area contributed by atoms with Crippen molar-refractivity contribution >= 4 is 38.9 Å². The van der Waals surface area contributed by atoms with Crippen LogP contribution in [0.15, 0.2) is 72.1 Å². The van der Waals surface area contributed by atoms with E-state index in [0.717, 1.165) is 0 Å². The van der Waals surface area contributed by atoms with Gasteiger partial charge in [0.1, 0.15) is 17.0 Å². The first-order valence-electron chi connectivity index (χ1n) is 8.90. The van der Waals surface area contributed by atoms with Gasteiger partial charge in [0, 0.05) is 29.2 Å². The Morgan fingerprint density at radius 3 is 2.42 bits per heavy atom. The molecule has 158 valence electrons. The molecule has 0 spiro atoms. The van der Waals surface area contributed by atoms with E-state index in [0.29, 0.717) is 33.7 Å². The van der Waals surface area contributed by atoms with Crippen molar-refractivity contribution in [3.63, 3.8) is 0 Å². The van der Waals surface area contributed by atoms with Gasteiger partial charge in [-0.2, -0.15) is 0 Å². The van der Waals surface area contributed by atoms with Gasteiger partial charge in [0.15, 0.2) is 5.82 Å². The fraction of sp³-hybridized carbons (Fsp3) is 0.0500. The number of sulfonamides is 1. The minimum absolute atomic E-state index is 0.0424. The van der Waals surface area contributed by atoms with Crippen molar-refractivity contribution in [1.29, 1.82) is 0 Å². The van der Waals surface area contributed by atoms with Crippen molar-refractivity contribution in [1.82, 2.24) is 19.7 Å². The van der Waals surface area contributed by atoms with Crippen LogP contribution in [0.25, 0.3) is 5.82 Å². The van der Waals surface area contributed by atoms with Crippen molar-refractivity contribution in [3.05, 3.63) is 82.9 Å². The monoisotopic (exact) mass is 475 g/mol. The zero-order valence-electron chi connectivity index (χ0n) is 16.0. The molecule has 4 rings (SSSR count). The fourth-order valence-corrected chi connectivity index (χ4v) is 4.55. The summed E-state index contributed by atoms with van der Waals surface area (Å²) in [5.74, 6) is 1.36. The molecule has 0 fully saturated rings. The van der Waals surface area contributed by atoms with Crippen LogP contribution in [0, 0.1) is 6.92 Å². The zero-order chi connectivity index (χ0) is 22.0. The molecule has 0 aliphatic heterocycles. The Morgan fingerprint density at radius 1 is 1.00 bits per heavy atom. The summed E-state index contributed by atoms with van der Waals surface area (Å²) >= 11 is 12.1. The first-order chi connectivity index (χ1) is 14.8. The summed E-state index contributed by atoms with van der Waals surface area (Å²) in [4.78, 5) is 3.91. The number of aromatic nitrogens is 4. The van der Waals surface area contributed by atoms with Gasteiger partial charge in [-0.3, -0.25) is 9.29 Å². The van der Waals surface area contributed by atoms with Gasteiger partial charge in [-0.05, 0) is 55.0 Å². The molecule has 31 heavy (non-hydrogen) atoms. The maximum Gasteiger partial charge on any atom is 0.263 e. The van der Waals surface area contributed by atoms with Crippen molar-refractivity contribution in [2.24, 2.45) is 0 Å².